The van der Waals surface area contributed by atoms with E-state index in [0.717, 1.165) is 18.9 Å². The summed E-state index contributed by atoms with van der Waals surface area (Å²) in [4.78, 5) is 24.3. The molecule has 21 heavy (non-hydrogen) atoms. The second-order valence-electron chi connectivity index (χ2n) is 4.62. The number of halogens is 1. The van der Waals surface area contributed by atoms with Crippen LogP contribution in [0.4, 0.5) is 15.8 Å². The fourth-order valence-electron chi connectivity index (χ4n) is 1.93. The SMILES string of the molecule is CCCCN(CC(N)=O)c1cc(C(=O)OC)c(N)cc1F. The van der Waals surface area contributed by atoms with Crippen molar-refractivity contribution in [3.63, 3.8) is 0 Å². The number of unbranched alkanes of at least 4 members (excludes halogenated alkanes) is 1. The molecule has 7 heteroatoms. The van der Waals surface area contributed by atoms with Gasteiger partial charge in [-0.2, -0.15) is 0 Å². The predicted molar refractivity (Wildman–Crippen MR) is 78.5 cm³/mol. The summed E-state index contributed by atoms with van der Waals surface area (Å²) in [6.07, 6.45) is 1.63. The lowest BCUT2D eigenvalue weighted by Crippen LogP contribution is -2.35. The number of hydrogen-bond acceptors (Lipinski definition) is 5. The first-order chi connectivity index (χ1) is 9.90. The third kappa shape index (κ3) is 4.34. The van der Waals surface area contributed by atoms with Crippen LogP contribution in [0.2, 0.25) is 0 Å². The van der Waals surface area contributed by atoms with E-state index in [4.69, 9.17) is 11.5 Å². The summed E-state index contributed by atoms with van der Waals surface area (Å²) in [5.74, 6) is -1.86. The Kier molecular flexibility index (Phi) is 5.95. The van der Waals surface area contributed by atoms with Gasteiger partial charge in [0.25, 0.3) is 0 Å². The molecule has 0 heterocycles. The van der Waals surface area contributed by atoms with E-state index in [1.807, 2.05) is 6.92 Å². The van der Waals surface area contributed by atoms with Crippen LogP contribution in [-0.2, 0) is 9.53 Å². The van der Waals surface area contributed by atoms with Crippen molar-refractivity contribution in [3.8, 4) is 0 Å². The van der Waals surface area contributed by atoms with Gasteiger partial charge in [-0.15, -0.1) is 0 Å². The van der Waals surface area contributed by atoms with E-state index in [2.05, 4.69) is 4.74 Å². The molecule has 4 N–H and O–H groups in total. The molecule has 1 aromatic rings. The van der Waals surface area contributed by atoms with Gasteiger partial charge in [-0.25, -0.2) is 9.18 Å². The number of amides is 1. The Morgan fingerprint density at radius 1 is 1.38 bits per heavy atom. The Morgan fingerprint density at radius 3 is 2.57 bits per heavy atom. The number of nitrogen functional groups attached to an aromatic ring is 1. The molecular weight excluding hydrogens is 277 g/mol. The van der Waals surface area contributed by atoms with Gasteiger partial charge in [0.2, 0.25) is 5.91 Å². The topological polar surface area (TPSA) is 98.6 Å². The van der Waals surface area contributed by atoms with Gasteiger partial charge in [-0.3, -0.25) is 4.79 Å². The van der Waals surface area contributed by atoms with E-state index in [9.17, 15) is 14.0 Å². The molecule has 0 aliphatic heterocycles. The third-order valence-corrected chi connectivity index (χ3v) is 2.99. The Balaban J connectivity index is 3.22. The summed E-state index contributed by atoms with van der Waals surface area (Å²) in [5.41, 5.74) is 11.0. The van der Waals surface area contributed by atoms with Gasteiger partial charge in [0.15, 0.2) is 0 Å². The molecule has 0 saturated heterocycles. The van der Waals surface area contributed by atoms with E-state index >= 15 is 0 Å². The monoisotopic (exact) mass is 297 g/mol. The van der Waals surface area contributed by atoms with Gasteiger partial charge in [0.05, 0.1) is 24.9 Å². The lowest BCUT2D eigenvalue weighted by atomic mass is 10.1. The quantitative estimate of drug-likeness (QED) is 0.583. The van der Waals surface area contributed by atoms with Crippen LogP contribution in [0.1, 0.15) is 30.1 Å². The number of nitrogens with two attached hydrogens (primary N) is 2. The van der Waals surface area contributed by atoms with Crippen molar-refractivity contribution in [2.45, 2.75) is 19.8 Å². The number of benzene rings is 1. The van der Waals surface area contributed by atoms with Crippen molar-refractivity contribution in [1.82, 2.24) is 0 Å². The normalized spacial score (nSPS) is 10.2. The number of carbonyl (C=O) groups is 2. The second-order valence-corrected chi connectivity index (χ2v) is 4.62. The average molecular weight is 297 g/mol. The Hall–Kier alpha value is -2.31. The highest BCUT2D eigenvalue weighted by Crippen LogP contribution is 2.26. The molecule has 0 aliphatic rings. The molecule has 6 nitrogen and oxygen atoms in total. The number of anilines is 2. The van der Waals surface area contributed by atoms with E-state index in [1.54, 1.807) is 0 Å². The van der Waals surface area contributed by atoms with E-state index in [1.165, 1.54) is 18.1 Å². The fraction of sp³-hybridized carbons (Fsp3) is 0.429. The standard InChI is InChI=1S/C14H20FN3O3/c1-3-4-5-18(8-13(17)19)12-6-9(14(20)21-2)11(16)7-10(12)15/h6-7H,3-5,8,16H2,1-2H3,(H2,17,19). The minimum atomic E-state index is -0.664. The minimum absolute atomic E-state index is 0.0161. The van der Waals surface area contributed by atoms with Crippen molar-refractivity contribution >= 4 is 23.3 Å². The van der Waals surface area contributed by atoms with Gasteiger partial charge in [0, 0.05) is 12.2 Å². The summed E-state index contributed by atoms with van der Waals surface area (Å²) in [7, 11) is 1.21. The zero-order valence-corrected chi connectivity index (χ0v) is 12.2. The van der Waals surface area contributed by atoms with Crippen LogP contribution in [0, 0.1) is 5.82 Å². The molecule has 1 rings (SSSR count). The van der Waals surface area contributed by atoms with Crippen LogP contribution in [0.25, 0.3) is 0 Å². The van der Waals surface area contributed by atoms with Crippen molar-refractivity contribution in [2.24, 2.45) is 5.73 Å². The number of nitrogens with zero attached hydrogens (tertiary/aromatic N) is 1. The van der Waals surface area contributed by atoms with Gasteiger partial charge >= 0.3 is 5.97 Å². The molecule has 0 saturated carbocycles. The molecule has 1 aromatic carbocycles. The van der Waals surface area contributed by atoms with Crippen molar-refractivity contribution < 1.29 is 18.7 Å². The smallest absolute Gasteiger partial charge is 0.340 e. The average Bonchev–Trinajstić information content (AvgIpc) is 2.42. The first kappa shape index (κ1) is 16.7. The fourth-order valence-corrected chi connectivity index (χ4v) is 1.93. The highest BCUT2D eigenvalue weighted by atomic mass is 19.1. The van der Waals surface area contributed by atoms with E-state index in [-0.39, 0.29) is 23.5 Å². The number of esters is 1. The number of rotatable bonds is 7. The Morgan fingerprint density at radius 2 is 2.05 bits per heavy atom. The van der Waals surface area contributed by atoms with Crippen LogP contribution in [-0.4, -0.2) is 32.1 Å². The van der Waals surface area contributed by atoms with Gasteiger partial charge < -0.3 is 21.1 Å². The molecule has 0 fully saturated rings. The Bertz CT molecular complexity index is 534. The highest BCUT2D eigenvalue weighted by Gasteiger charge is 2.19. The summed E-state index contributed by atoms with van der Waals surface area (Å²) >= 11 is 0. The molecule has 0 unspecified atom stereocenters. The first-order valence-electron chi connectivity index (χ1n) is 6.61. The molecule has 0 aliphatic carbocycles. The van der Waals surface area contributed by atoms with Crippen LogP contribution < -0.4 is 16.4 Å². The largest absolute Gasteiger partial charge is 0.465 e. The van der Waals surface area contributed by atoms with Crippen LogP contribution in [0.15, 0.2) is 12.1 Å². The van der Waals surface area contributed by atoms with Crippen LogP contribution >= 0.6 is 0 Å². The van der Waals surface area contributed by atoms with Crippen LogP contribution in [0.3, 0.4) is 0 Å². The summed E-state index contributed by atoms with van der Waals surface area (Å²) < 4.78 is 18.7. The summed E-state index contributed by atoms with van der Waals surface area (Å²) in [5, 5.41) is 0. The van der Waals surface area contributed by atoms with Gasteiger partial charge in [0.1, 0.15) is 5.82 Å². The number of carbonyl (C=O) groups excluding carboxylic acids is 2. The zero-order chi connectivity index (χ0) is 16.0. The van der Waals surface area contributed by atoms with E-state index in [0.29, 0.717) is 6.54 Å². The highest BCUT2D eigenvalue weighted by molar-refractivity contribution is 5.96. The zero-order valence-electron chi connectivity index (χ0n) is 12.2. The lowest BCUT2D eigenvalue weighted by Gasteiger charge is -2.24. The summed E-state index contributed by atoms with van der Waals surface area (Å²) in [6.45, 7) is 2.28. The maximum atomic E-state index is 14.1. The first-order valence-corrected chi connectivity index (χ1v) is 6.61. The molecule has 0 aromatic heterocycles. The molecule has 1 amide bonds. The second kappa shape index (κ2) is 7.47. The molecule has 0 radical (unpaired) electrons. The van der Waals surface area contributed by atoms with Crippen molar-refractivity contribution in [1.29, 1.82) is 0 Å². The maximum absolute atomic E-state index is 14.1. The van der Waals surface area contributed by atoms with Crippen LogP contribution in [0.5, 0.6) is 0 Å². The van der Waals surface area contributed by atoms with Gasteiger partial charge in [-0.1, -0.05) is 13.3 Å². The van der Waals surface area contributed by atoms with E-state index < -0.39 is 17.7 Å². The predicted octanol–water partition coefficient (Wildman–Crippen LogP) is 1.29. The van der Waals surface area contributed by atoms with Gasteiger partial charge in [-0.05, 0) is 18.6 Å². The molecule has 0 bridgehead atoms. The maximum Gasteiger partial charge on any atom is 0.340 e. The Labute approximate surface area is 122 Å². The molecule has 116 valence electrons. The number of methoxy groups -OCH3 is 1. The number of ether oxygens (including phenoxy) is 1. The molecule has 0 spiro atoms. The lowest BCUT2D eigenvalue weighted by molar-refractivity contribution is -0.116. The van der Waals surface area contributed by atoms with Crippen molar-refractivity contribution in [3.05, 3.63) is 23.5 Å². The third-order valence-electron chi connectivity index (χ3n) is 2.99. The molecule has 0 atom stereocenters. The minimum Gasteiger partial charge on any atom is -0.465 e. The molecular formula is C14H20FN3O3. The number of primary amides is 1. The number of hydrogen-bond donors (Lipinski definition) is 2. The summed E-state index contributed by atoms with van der Waals surface area (Å²) in [6, 6.07) is 2.33. The van der Waals surface area contributed by atoms with Crippen molar-refractivity contribution in [2.75, 3.05) is 30.8 Å².